The van der Waals surface area contributed by atoms with Gasteiger partial charge in [0.2, 0.25) is 0 Å². The van der Waals surface area contributed by atoms with Crippen LogP contribution in [-0.4, -0.2) is 26.0 Å². The molecule has 3 nitrogen and oxygen atoms in total. The van der Waals surface area contributed by atoms with E-state index in [1.165, 1.54) is 0 Å². The topological polar surface area (TPSA) is 57.5 Å². The largest absolute Gasteiger partial charge is 0.479 e. The number of carbonyl (C=O) groups is 1. The molecule has 0 bridgehead atoms. The van der Waals surface area contributed by atoms with Gasteiger partial charge in [-0.15, -0.1) is 0 Å². The normalized spacial score (nSPS) is 14.0. The van der Waals surface area contributed by atoms with Crippen molar-refractivity contribution in [2.24, 2.45) is 0 Å². The van der Waals surface area contributed by atoms with E-state index in [1.807, 2.05) is 0 Å². The average Bonchev–Trinajstić information content (AvgIpc) is 1.64. The fraction of sp³-hybridized carbons (Fsp3) is 0.667. The minimum absolute atomic E-state index is 0.576. The third kappa shape index (κ3) is 2.64. The van der Waals surface area contributed by atoms with E-state index in [4.69, 9.17) is 10.2 Å². The molecule has 2 N–H and O–H groups in total. The number of carboxylic acid groups (broad SMARTS) is 1. The number of alkyl halides is 2. The highest BCUT2D eigenvalue weighted by Gasteiger charge is 2.19. The third-order valence-electron chi connectivity index (χ3n) is 0.492. The van der Waals surface area contributed by atoms with Gasteiger partial charge in [-0.05, 0) is 0 Å². The molecule has 0 saturated carbocycles. The second kappa shape index (κ2) is 3.42. The molecule has 5 heteroatoms. The van der Waals surface area contributed by atoms with E-state index < -0.39 is 15.8 Å². The highest BCUT2D eigenvalue weighted by Crippen LogP contribution is 2.12. The van der Waals surface area contributed by atoms with Gasteiger partial charge < -0.3 is 10.2 Å². The molecule has 0 aromatic carbocycles. The molecule has 0 fully saturated rings. The van der Waals surface area contributed by atoms with Gasteiger partial charge in [-0.3, -0.25) is 0 Å². The van der Waals surface area contributed by atoms with E-state index >= 15 is 0 Å². The van der Waals surface area contributed by atoms with Gasteiger partial charge in [0.1, 0.15) is 3.74 Å². The molecule has 0 aromatic heterocycles. The van der Waals surface area contributed by atoms with E-state index in [9.17, 15) is 4.79 Å². The average molecular weight is 248 g/mol. The molecule has 0 rings (SSSR count). The number of aliphatic carboxylic acids is 1. The van der Waals surface area contributed by atoms with Crippen LogP contribution in [0.5, 0.6) is 0 Å². The molecule has 0 spiro atoms. The van der Waals surface area contributed by atoms with Gasteiger partial charge in [-0.2, -0.15) is 0 Å². The van der Waals surface area contributed by atoms with Gasteiger partial charge in [0.15, 0.2) is 6.10 Å². The van der Waals surface area contributed by atoms with Crippen LogP contribution < -0.4 is 0 Å². The zero-order valence-corrected chi connectivity index (χ0v) is 6.89. The fourth-order valence-corrected chi connectivity index (χ4v) is 0.560. The second-order valence-electron chi connectivity index (χ2n) is 1.12. The fourth-order valence-electron chi connectivity index (χ4n) is 0.108. The quantitative estimate of drug-likeness (QED) is 0.701. The van der Waals surface area contributed by atoms with Gasteiger partial charge in [0.05, 0.1) is 0 Å². The summed E-state index contributed by atoms with van der Waals surface area (Å²) in [5.41, 5.74) is 0. The Bertz CT molecular complexity index is 92.5. The lowest BCUT2D eigenvalue weighted by atomic mass is 10.4. The van der Waals surface area contributed by atoms with E-state index in [-0.39, 0.29) is 0 Å². The van der Waals surface area contributed by atoms with Gasteiger partial charge in [-0.25, -0.2) is 4.79 Å². The molecule has 1 unspecified atom stereocenters. The van der Waals surface area contributed by atoms with Crippen molar-refractivity contribution in [3.63, 3.8) is 0 Å². The van der Waals surface area contributed by atoms with Crippen LogP contribution in [0, 0.1) is 0 Å². The summed E-state index contributed by atoms with van der Waals surface area (Å²) < 4.78 is -0.576. The van der Waals surface area contributed by atoms with Crippen LogP contribution in [0.3, 0.4) is 0 Å². The van der Waals surface area contributed by atoms with Crippen molar-refractivity contribution in [1.29, 1.82) is 0 Å². The van der Waals surface area contributed by atoms with Crippen molar-refractivity contribution in [2.75, 3.05) is 0 Å². The smallest absolute Gasteiger partial charge is 0.334 e. The summed E-state index contributed by atoms with van der Waals surface area (Å²) in [6, 6.07) is 0. The third-order valence-corrected chi connectivity index (χ3v) is 1.49. The van der Waals surface area contributed by atoms with Crippen molar-refractivity contribution in [3.8, 4) is 0 Å². The Labute approximate surface area is 63.0 Å². The zero-order valence-electron chi connectivity index (χ0n) is 3.71. The first-order valence-electron chi connectivity index (χ1n) is 1.74. The zero-order chi connectivity index (χ0) is 6.73. The van der Waals surface area contributed by atoms with Crippen LogP contribution >= 0.6 is 31.9 Å². The second-order valence-corrected chi connectivity index (χ2v) is 4.32. The van der Waals surface area contributed by atoms with Crippen LogP contribution in [0.2, 0.25) is 0 Å². The molecule has 48 valence electrons. The summed E-state index contributed by atoms with van der Waals surface area (Å²) in [5, 5.41) is 16.6. The minimum Gasteiger partial charge on any atom is -0.479 e. The summed E-state index contributed by atoms with van der Waals surface area (Å²) in [5.74, 6) is -1.25. The summed E-state index contributed by atoms with van der Waals surface area (Å²) in [6.45, 7) is 0. The molecular weight excluding hydrogens is 244 g/mol. The highest BCUT2D eigenvalue weighted by atomic mass is 79.9. The highest BCUT2D eigenvalue weighted by molar-refractivity contribution is 9.24. The SMILES string of the molecule is O=C(O)C(O)C(Br)Br. The van der Waals surface area contributed by atoms with E-state index in [1.54, 1.807) is 0 Å². The number of aliphatic hydroxyl groups is 1. The number of hydrogen-bond acceptors (Lipinski definition) is 2. The Hall–Kier alpha value is 0.390. The molecule has 0 aromatic rings. The number of carboxylic acids is 1. The van der Waals surface area contributed by atoms with E-state index in [0.717, 1.165) is 0 Å². The van der Waals surface area contributed by atoms with Crippen molar-refractivity contribution < 1.29 is 15.0 Å². The van der Waals surface area contributed by atoms with Gasteiger partial charge in [0.25, 0.3) is 0 Å². The number of rotatable bonds is 2. The number of aliphatic hydroxyl groups excluding tert-OH is 1. The van der Waals surface area contributed by atoms with Crippen molar-refractivity contribution in [2.45, 2.75) is 9.84 Å². The van der Waals surface area contributed by atoms with E-state index in [0.29, 0.717) is 0 Å². The van der Waals surface area contributed by atoms with Crippen LogP contribution in [0.4, 0.5) is 0 Å². The lowest BCUT2D eigenvalue weighted by Gasteiger charge is -2.03. The number of hydrogen-bond donors (Lipinski definition) is 2. The number of halogens is 2. The molecule has 0 saturated heterocycles. The molecule has 0 heterocycles. The molecule has 8 heavy (non-hydrogen) atoms. The Balaban J connectivity index is 3.64. The Morgan fingerprint density at radius 3 is 1.88 bits per heavy atom. The summed E-state index contributed by atoms with van der Waals surface area (Å²) >= 11 is 5.65. The summed E-state index contributed by atoms with van der Waals surface area (Å²) in [6.07, 6.45) is -1.38. The molecule has 0 amide bonds. The van der Waals surface area contributed by atoms with Gasteiger partial charge >= 0.3 is 5.97 Å². The predicted molar refractivity (Wildman–Crippen MR) is 35.3 cm³/mol. The van der Waals surface area contributed by atoms with Crippen molar-refractivity contribution in [3.05, 3.63) is 0 Å². The minimum atomic E-state index is -1.38. The Morgan fingerprint density at radius 1 is 1.50 bits per heavy atom. The summed E-state index contributed by atoms with van der Waals surface area (Å²) in [4.78, 5) is 9.83. The van der Waals surface area contributed by atoms with Crippen LogP contribution in [0.1, 0.15) is 0 Å². The summed E-state index contributed by atoms with van der Waals surface area (Å²) in [7, 11) is 0. The van der Waals surface area contributed by atoms with Gasteiger partial charge in [-0.1, -0.05) is 31.9 Å². The first-order valence-corrected chi connectivity index (χ1v) is 3.58. The van der Waals surface area contributed by atoms with Gasteiger partial charge in [0, 0.05) is 0 Å². The lowest BCUT2D eigenvalue weighted by Crippen LogP contribution is -2.25. The monoisotopic (exact) mass is 246 g/mol. The maximum atomic E-state index is 9.83. The predicted octanol–water partition coefficient (Wildman–Crippen LogP) is 0.548. The maximum Gasteiger partial charge on any atom is 0.334 e. The van der Waals surface area contributed by atoms with Crippen molar-refractivity contribution >= 4 is 37.8 Å². The van der Waals surface area contributed by atoms with E-state index in [2.05, 4.69) is 31.9 Å². The maximum absolute atomic E-state index is 9.83. The Morgan fingerprint density at radius 2 is 1.88 bits per heavy atom. The first-order chi connectivity index (χ1) is 3.55. The standard InChI is InChI=1S/C3H4Br2O3/c4-2(5)1(6)3(7)8/h1-2,6H,(H,7,8). The molecule has 0 radical (unpaired) electrons. The molecule has 0 aliphatic carbocycles. The molecule has 0 aliphatic rings. The molecule has 0 aliphatic heterocycles. The van der Waals surface area contributed by atoms with Crippen molar-refractivity contribution in [1.82, 2.24) is 0 Å². The molecule has 1 atom stereocenters. The van der Waals surface area contributed by atoms with Crippen LogP contribution in [-0.2, 0) is 4.79 Å². The lowest BCUT2D eigenvalue weighted by molar-refractivity contribution is -0.145. The van der Waals surface area contributed by atoms with Crippen LogP contribution in [0.15, 0.2) is 0 Å². The first kappa shape index (κ1) is 8.39. The van der Waals surface area contributed by atoms with Crippen LogP contribution in [0.25, 0.3) is 0 Å². The Kier molecular flexibility index (Phi) is 3.59. The molecular formula is C3H4Br2O3.